The van der Waals surface area contributed by atoms with Gasteiger partial charge in [-0.25, -0.2) is 0 Å². The Morgan fingerprint density at radius 3 is 2.24 bits per heavy atom. The summed E-state index contributed by atoms with van der Waals surface area (Å²) in [7, 11) is 1.71. The number of rotatable bonds is 9. The summed E-state index contributed by atoms with van der Waals surface area (Å²) in [5.41, 5.74) is 2.08. The SMILES string of the molecule is C=CC1=C(C=C)CN(C(=O)C(NC(C)O)C2CCCCC2)[C@@H](COCO)C1.COC(C)(C)C. The van der Waals surface area contributed by atoms with Gasteiger partial charge in [0.1, 0.15) is 13.0 Å². The largest absolute Gasteiger partial charge is 0.379 e. The molecule has 3 N–H and O–H groups in total. The first-order valence-corrected chi connectivity index (χ1v) is 12.0. The number of nitrogens with zero attached hydrogens (tertiary/aromatic N) is 1. The zero-order chi connectivity index (χ0) is 25.0. The number of aliphatic hydroxyl groups is 2. The molecule has 2 aliphatic rings. The smallest absolute Gasteiger partial charge is 0.240 e. The Kier molecular flexibility index (Phi) is 13.1. The van der Waals surface area contributed by atoms with Gasteiger partial charge in [0, 0.05) is 13.7 Å². The van der Waals surface area contributed by atoms with Gasteiger partial charge in [-0.1, -0.05) is 44.6 Å². The Labute approximate surface area is 200 Å². The van der Waals surface area contributed by atoms with Crippen molar-refractivity contribution < 1.29 is 24.5 Å². The number of hydrogen-bond acceptors (Lipinski definition) is 6. The van der Waals surface area contributed by atoms with E-state index in [1.165, 1.54) is 6.42 Å². The summed E-state index contributed by atoms with van der Waals surface area (Å²) in [4.78, 5) is 15.3. The first-order chi connectivity index (χ1) is 15.6. The maximum atomic E-state index is 13.5. The van der Waals surface area contributed by atoms with Gasteiger partial charge >= 0.3 is 0 Å². The van der Waals surface area contributed by atoms with Crippen LogP contribution in [0, 0.1) is 5.92 Å². The Morgan fingerprint density at radius 2 is 1.79 bits per heavy atom. The van der Waals surface area contributed by atoms with Crippen LogP contribution in [0.2, 0.25) is 0 Å². The first-order valence-electron chi connectivity index (χ1n) is 12.0. The molecule has 0 aromatic rings. The topological polar surface area (TPSA) is 91.3 Å². The average molecular weight is 467 g/mol. The van der Waals surface area contributed by atoms with Crippen molar-refractivity contribution in [2.75, 3.05) is 27.1 Å². The highest BCUT2D eigenvalue weighted by atomic mass is 16.6. The van der Waals surface area contributed by atoms with E-state index in [-0.39, 0.29) is 36.9 Å². The van der Waals surface area contributed by atoms with Gasteiger partial charge in [0.05, 0.1) is 24.3 Å². The Balaban J connectivity index is 0.000000801. The molecule has 7 nitrogen and oxygen atoms in total. The minimum atomic E-state index is -0.754. The van der Waals surface area contributed by atoms with E-state index in [2.05, 4.69) is 18.5 Å². The molecular weight excluding hydrogens is 420 g/mol. The normalized spacial score (nSPS) is 21.7. The maximum absolute atomic E-state index is 13.5. The Hall–Kier alpha value is -1.51. The molecule has 0 radical (unpaired) electrons. The highest BCUT2D eigenvalue weighted by Crippen LogP contribution is 2.31. The van der Waals surface area contributed by atoms with Crippen molar-refractivity contribution in [2.24, 2.45) is 5.92 Å². The van der Waals surface area contributed by atoms with E-state index < -0.39 is 12.3 Å². The van der Waals surface area contributed by atoms with E-state index in [4.69, 9.17) is 14.6 Å². The van der Waals surface area contributed by atoms with Gasteiger partial charge in [-0.05, 0) is 64.0 Å². The third-order valence-electron chi connectivity index (χ3n) is 6.25. The molecule has 7 heteroatoms. The number of carbonyl (C=O) groups is 1. The number of amides is 1. The monoisotopic (exact) mass is 466 g/mol. The van der Waals surface area contributed by atoms with Crippen LogP contribution in [0.15, 0.2) is 36.5 Å². The van der Waals surface area contributed by atoms with Crippen LogP contribution in [0.1, 0.15) is 66.2 Å². The van der Waals surface area contributed by atoms with Crippen LogP contribution in [0.25, 0.3) is 0 Å². The molecule has 1 amide bonds. The van der Waals surface area contributed by atoms with Crippen molar-refractivity contribution in [3.63, 3.8) is 0 Å². The van der Waals surface area contributed by atoms with Gasteiger partial charge in [-0.15, -0.1) is 0 Å². The lowest BCUT2D eigenvalue weighted by Crippen LogP contribution is -2.57. The van der Waals surface area contributed by atoms with E-state index in [1.54, 1.807) is 26.2 Å². The lowest BCUT2D eigenvalue weighted by Gasteiger charge is -2.41. The summed E-state index contributed by atoms with van der Waals surface area (Å²) >= 11 is 0. The minimum absolute atomic E-state index is 0.0168. The highest BCUT2D eigenvalue weighted by Gasteiger charge is 2.38. The van der Waals surface area contributed by atoms with Gasteiger partial charge < -0.3 is 24.6 Å². The summed E-state index contributed by atoms with van der Waals surface area (Å²) in [6.45, 7) is 15.8. The van der Waals surface area contributed by atoms with Crippen molar-refractivity contribution in [2.45, 2.75) is 90.1 Å². The molecule has 190 valence electrons. The Morgan fingerprint density at radius 1 is 1.21 bits per heavy atom. The number of methoxy groups -OCH3 is 1. The summed E-state index contributed by atoms with van der Waals surface area (Å²) in [5, 5.41) is 22.1. The van der Waals surface area contributed by atoms with E-state index in [0.29, 0.717) is 13.0 Å². The van der Waals surface area contributed by atoms with E-state index in [1.807, 2.05) is 25.7 Å². The lowest BCUT2D eigenvalue weighted by molar-refractivity contribution is -0.141. The van der Waals surface area contributed by atoms with E-state index >= 15 is 0 Å². The molecule has 3 atom stereocenters. The van der Waals surface area contributed by atoms with Gasteiger partial charge in [0.2, 0.25) is 5.91 Å². The fourth-order valence-electron chi connectivity index (χ4n) is 4.23. The second kappa shape index (κ2) is 14.7. The molecule has 33 heavy (non-hydrogen) atoms. The number of hydrogen-bond donors (Lipinski definition) is 3. The molecule has 0 spiro atoms. The quantitative estimate of drug-likeness (QED) is 0.450. The second-order valence-electron chi connectivity index (χ2n) is 9.82. The molecule has 1 aliphatic carbocycles. The summed E-state index contributed by atoms with van der Waals surface area (Å²) in [5.74, 6) is 0.203. The predicted molar refractivity (Wildman–Crippen MR) is 133 cm³/mol. The van der Waals surface area contributed by atoms with Crippen LogP contribution in [-0.4, -0.2) is 72.0 Å². The van der Waals surface area contributed by atoms with Crippen molar-refractivity contribution in [1.29, 1.82) is 0 Å². The highest BCUT2D eigenvalue weighted by molar-refractivity contribution is 5.83. The standard InChI is InChI=1S/C21H34N2O4.C5H12O/c1-4-16-11-19(13-27-14-24)23(12-17(16)5-2)21(26)20(22-15(3)25)18-9-7-6-8-10-18;1-5(2,3)6-4/h4-5,15,18-20,22,24-25H,1-2,6-14H2,3H3;1-4H3/t15?,19-,20?;/m1./s1. The van der Waals surface area contributed by atoms with Gasteiger partial charge in [0.15, 0.2) is 0 Å². The molecule has 1 aliphatic heterocycles. The van der Waals surface area contributed by atoms with Crippen LogP contribution < -0.4 is 5.32 Å². The number of allylic oxidation sites excluding steroid dienone is 1. The van der Waals surface area contributed by atoms with Crippen LogP contribution in [-0.2, 0) is 14.3 Å². The fourth-order valence-corrected chi connectivity index (χ4v) is 4.23. The van der Waals surface area contributed by atoms with Gasteiger partial charge in [-0.3, -0.25) is 10.1 Å². The molecule has 0 bridgehead atoms. The fraction of sp³-hybridized carbons (Fsp3) is 0.731. The maximum Gasteiger partial charge on any atom is 0.240 e. The van der Waals surface area contributed by atoms with Crippen LogP contribution in [0.3, 0.4) is 0 Å². The summed E-state index contributed by atoms with van der Waals surface area (Å²) in [6.07, 6.45) is 8.85. The molecule has 2 rings (SSSR count). The number of aliphatic hydroxyl groups excluding tert-OH is 2. The third-order valence-corrected chi connectivity index (χ3v) is 6.25. The van der Waals surface area contributed by atoms with Crippen molar-refractivity contribution >= 4 is 5.91 Å². The van der Waals surface area contributed by atoms with Gasteiger partial charge in [0.25, 0.3) is 0 Å². The van der Waals surface area contributed by atoms with Crippen molar-refractivity contribution in [3.05, 3.63) is 36.5 Å². The second-order valence-corrected chi connectivity index (χ2v) is 9.82. The minimum Gasteiger partial charge on any atom is -0.379 e. The number of carbonyl (C=O) groups excluding carboxylic acids is 1. The molecule has 0 aromatic carbocycles. The van der Waals surface area contributed by atoms with E-state index in [9.17, 15) is 9.90 Å². The van der Waals surface area contributed by atoms with Crippen LogP contribution in [0.5, 0.6) is 0 Å². The number of nitrogens with one attached hydrogen (secondary N) is 1. The molecule has 1 heterocycles. The lowest BCUT2D eigenvalue weighted by atomic mass is 9.82. The number of ether oxygens (including phenoxy) is 2. The third kappa shape index (κ3) is 10.1. The predicted octanol–water partition coefficient (Wildman–Crippen LogP) is 3.53. The van der Waals surface area contributed by atoms with Crippen molar-refractivity contribution in [1.82, 2.24) is 10.2 Å². The summed E-state index contributed by atoms with van der Waals surface area (Å²) < 4.78 is 10.2. The van der Waals surface area contributed by atoms with Crippen LogP contribution >= 0.6 is 0 Å². The Bertz CT molecular complexity index is 648. The zero-order valence-electron chi connectivity index (χ0n) is 21.3. The molecule has 2 unspecified atom stereocenters. The van der Waals surface area contributed by atoms with E-state index in [0.717, 1.165) is 36.8 Å². The molecule has 1 saturated carbocycles. The average Bonchev–Trinajstić information content (AvgIpc) is 2.80. The van der Waals surface area contributed by atoms with Crippen LogP contribution in [0.4, 0.5) is 0 Å². The van der Waals surface area contributed by atoms with Gasteiger partial charge in [-0.2, -0.15) is 0 Å². The molecule has 0 aromatic heterocycles. The molecule has 1 fully saturated rings. The first kappa shape index (κ1) is 29.5. The zero-order valence-corrected chi connectivity index (χ0v) is 21.3. The van der Waals surface area contributed by atoms with Crippen molar-refractivity contribution in [3.8, 4) is 0 Å². The molecule has 0 saturated heterocycles. The summed E-state index contributed by atoms with van der Waals surface area (Å²) in [6, 6.07) is -0.596. The molecular formula is C26H46N2O5.